The van der Waals surface area contributed by atoms with Gasteiger partial charge in [0.2, 0.25) is 0 Å². The van der Waals surface area contributed by atoms with Crippen molar-refractivity contribution >= 4 is 23.6 Å². The highest BCUT2D eigenvalue weighted by Crippen LogP contribution is 2.27. The SMILES string of the molecule is COc1ccc(C(=O)C=Cc2ccc(SC)cc2)cc1OC. The lowest BCUT2D eigenvalue weighted by Crippen LogP contribution is -1.97. The van der Waals surface area contributed by atoms with Crippen LogP contribution in [0.4, 0.5) is 0 Å². The van der Waals surface area contributed by atoms with E-state index in [0.717, 1.165) is 5.56 Å². The van der Waals surface area contributed by atoms with Gasteiger partial charge in [-0.2, -0.15) is 0 Å². The minimum atomic E-state index is -0.0742. The summed E-state index contributed by atoms with van der Waals surface area (Å²) < 4.78 is 10.4. The predicted octanol–water partition coefficient (Wildman–Crippen LogP) is 4.32. The second-order valence-corrected chi connectivity index (χ2v) is 5.42. The third kappa shape index (κ3) is 3.92. The molecule has 4 heteroatoms. The molecule has 0 unspecified atom stereocenters. The molecule has 0 atom stereocenters. The van der Waals surface area contributed by atoms with Crippen molar-refractivity contribution < 1.29 is 14.3 Å². The van der Waals surface area contributed by atoms with Gasteiger partial charge in [0.15, 0.2) is 17.3 Å². The van der Waals surface area contributed by atoms with Crippen LogP contribution in [0, 0.1) is 0 Å². The number of carbonyl (C=O) groups is 1. The summed E-state index contributed by atoms with van der Waals surface area (Å²) in [7, 11) is 3.12. The smallest absolute Gasteiger partial charge is 0.185 e. The van der Waals surface area contributed by atoms with Gasteiger partial charge in [-0.25, -0.2) is 0 Å². The van der Waals surface area contributed by atoms with E-state index in [1.54, 1.807) is 50.3 Å². The molecule has 0 aromatic heterocycles. The number of thioether (sulfide) groups is 1. The molecule has 0 spiro atoms. The molecule has 114 valence electrons. The van der Waals surface area contributed by atoms with E-state index in [1.165, 1.54) is 4.90 Å². The van der Waals surface area contributed by atoms with Crippen molar-refractivity contribution in [2.45, 2.75) is 4.90 Å². The molecule has 0 saturated heterocycles. The number of methoxy groups -OCH3 is 2. The molecule has 3 nitrogen and oxygen atoms in total. The topological polar surface area (TPSA) is 35.5 Å². The van der Waals surface area contributed by atoms with Gasteiger partial charge < -0.3 is 9.47 Å². The molecule has 0 bridgehead atoms. The van der Waals surface area contributed by atoms with Crippen LogP contribution >= 0.6 is 11.8 Å². The summed E-state index contributed by atoms with van der Waals surface area (Å²) in [6.45, 7) is 0. The van der Waals surface area contributed by atoms with Crippen molar-refractivity contribution in [1.82, 2.24) is 0 Å². The zero-order valence-electron chi connectivity index (χ0n) is 12.8. The normalized spacial score (nSPS) is 10.7. The highest BCUT2D eigenvalue weighted by Gasteiger charge is 2.08. The zero-order valence-corrected chi connectivity index (χ0v) is 13.6. The molecule has 0 heterocycles. The van der Waals surface area contributed by atoms with Gasteiger partial charge >= 0.3 is 0 Å². The Morgan fingerprint density at radius 3 is 2.27 bits per heavy atom. The Morgan fingerprint density at radius 2 is 1.68 bits per heavy atom. The first kappa shape index (κ1) is 16.2. The molecule has 0 radical (unpaired) electrons. The Labute approximate surface area is 135 Å². The number of hydrogen-bond acceptors (Lipinski definition) is 4. The second kappa shape index (κ2) is 7.71. The summed E-state index contributed by atoms with van der Waals surface area (Å²) in [6.07, 6.45) is 5.41. The standard InChI is InChI=1S/C18H18O3S/c1-20-17-11-7-14(12-18(17)21-2)16(19)10-6-13-4-8-15(22-3)9-5-13/h4-12H,1-3H3. The zero-order chi connectivity index (χ0) is 15.9. The average molecular weight is 314 g/mol. The second-order valence-electron chi connectivity index (χ2n) is 4.54. The van der Waals surface area contributed by atoms with Crippen LogP contribution in [0.25, 0.3) is 6.08 Å². The molecular formula is C18H18O3S. The summed E-state index contributed by atoms with van der Waals surface area (Å²) in [5.74, 6) is 1.08. The van der Waals surface area contributed by atoms with E-state index in [0.29, 0.717) is 17.1 Å². The van der Waals surface area contributed by atoms with Crippen molar-refractivity contribution in [3.05, 3.63) is 59.7 Å². The molecule has 2 aromatic rings. The van der Waals surface area contributed by atoms with E-state index < -0.39 is 0 Å². The van der Waals surface area contributed by atoms with Gasteiger partial charge in [0.25, 0.3) is 0 Å². The number of rotatable bonds is 6. The lowest BCUT2D eigenvalue weighted by Gasteiger charge is -2.08. The Morgan fingerprint density at radius 1 is 1.00 bits per heavy atom. The van der Waals surface area contributed by atoms with Crippen molar-refractivity contribution in [1.29, 1.82) is 0 Å². The van der Waals surface area contributed by atoms with Gasteiger partial charge in [-0.15, -0.1) is 11.8 Å². The third-order valence-electron chi connectivity index (χ3n) is 3.21. The fourth-order valence-electron chi connectivity index (χ4n) is 1.97. The van der Waals surface area contributed by atoms with Gasteiger partial charge in [0, 0.05) is 10.5 Å². The maximum absolute atomic E-state index is 12.2. The van der Waals surface area contributed by atoms with Crippen LogP contribution in [0.15, 0.2) is 53.4 Å². The van der Waals surface area contributed by atoms with Crippen LogP contribution in [0.5, 0.6) is 11.5 Å². The first-order chi connectivity index (χ1) is 10.7. The monoisotopic (exact) mass is 314 g/mol. The summed E-state index contributed by atoms with van der Waals surface area (Å²) in [5.41, 5.74) is 1.56. The number of ketones is 1. The molecule has 0 N–H and O–H groups in total. The number of allylic oxidation sites excluding steroid dienone is 1. The van der Waals surface area contributed by atoms with Gasteiger partial charge in [-0.05, 0) is 48.2 Å². The van der Waals surface area contributed by atoms with Crippen LogP contribution < -0.4 is 9.47 Å². The predicted molar refractivity (Wildman–Crippen MR) is 91.1 cm³/mol. The largest absolute Gasteiger partial charge is 0.493 e. The summed E-state index contributed by atoms with van der Waals surface area (Å²) >= 11 is 1.69. The first-order valence-electron chi connectivity index (χ1n) is 6.76. The lowest BCUT2D eigenvalue weighted by atomic mass is 10.1. The molecular weight excluding hydrogens is 296 g/mol. The number of ether oxygens (including phenoxy) is 2. The van der Waals surface area contributed by atoms with E-state index in [2.05, 4.69) is 0 Å². The summed E-state index contributed by atoms with van der Waals surface area (Å²) in [4.78, 5) is 13.4. The maximum Gasteiger partial charge on any atom is 0.185 e. The lowest BCUT2D eigenvalue weighted by molar-refractivity contribution is 0.104. The highest BCUT2D eigenvalue weighted by molar-refractivity contribution is 7.98. The Bertz CT molecular complexity index is 675. The molecule has 2 rings (SSSR count). The fourth-order valence-corrected chi connectivity index (χ4v) is 2.38. The van der Waals surface area contributed by atoms with Crippen molar-refractivity contribution in [3.8, 4) is 11.5 Å². The van der Waals surface area contributed by atoms with Crippen LogP contribution in [-0.4, -0.2) is 26.3 Å². The summed E-state index contributed by atoms with van der Waals surface area (Å²) in [6, 6.07) is 13.2. The number of benzene rings is 2. The molecule has 0 saturated carbocycles. The van der Waals surface area contributed by atoms with Crippen LogP contribution in [-0.2, 0) is 0 Å². The van der Waals surface area contributed by atoms with Crippen molar-refractivity contribution in [3.63, 3.8) is 0 Å². The molecule has 22 heavy (non-hydrogen) atoms. The molecule has 0 aliphatic heterocycles. The molecule has 0 aliphatic carbocycles. The average Bonchev–Trinajstić information content (AvgIpc) is 2.59. The quantitative estimate of drug-likeness (QED) is 0.452. The molecule has 2 aromatic carbocycles. The van der Waals surface area contributed by atoms with Gasteiger partial charge in [-0.1, -0.05) is 18.2 Å². The van der Waals surface area contributed by atoms with Gasteiger partial charge in [0.05, 0.1) is 14.2 Å². The maximum atomic E-state index is 12.2. The third-order valence-corrected chi connectivity index (χ3v) is 3.95. The van der Waals surface area contributed by atoms with E-state index in [1.807, 2.05) is 36.6 Å². The summed E-state index contributed by atoms with van der Waals surface area (Å²) in [5, 5.41) is 0. The minimum absolute atomic E-state index is 0.0742. The van der Waals surface area contributed by atoms with E-state index >= 15 is 0 Å². The minimum Gasteiger partial charge on any atom is -0.493 e. The Balaban J connectivity index is 2.15. The molecule has 0 aliphatic rings. The van der Waals surface area contributed by atoms with Crippen LogP contribution in [0.3, 0.4) is 0 Å². The van der Waals surface area contributed by atoms with Crippen LogP contribution in [0.1, 0.15) is 15.9 Å². The van der Waals surface area contributed by atoms with Gasteiger partial charge in [-0.3, -0.25) is 4.79 Å². The Kier molecular flexibility index (Phi) is 5.67. The molecule has 0 amide bonds. The van der Waals surface area contributed by atoms with E-state index in [9.17, 15) is 4.79 Å². The van der Waals surface area contributed by atoms with Crippen molar-refractivity contribution in [2.24, 2.45) is 0 Å². The molecule has 0 fully saturated rings. The fraction of sp³-hybridized carbons (Fsp3) is 0.167. The number of hydrogen-bond donors (Lipinski definition) is 0. The van der Waals surface area contributed by atoms with E-state index in [4.69, 9.17) is 9.47 Å². The highest BCUT2D eigenvalue weighted by atomic mass is 32.2. The number of carbonyl (C=O) groups excluding carboxylic acids is 1. The van der Waals surface area contributed by atoms with Gasteiger partial charge in [0.1, 0.15) is 0 Å². The van der Waals surface area contributed by atoms with Crippen molar-refractivity contribution in [2.75, 3.05) is 20.5 Å². The Hall–Kier alpha value is -2.20. The first-order valence-corrected chi connectivity index (χ1v) is 7.99. The van der Waals surface area contributed by atoms with E-state index in [-0.39, 0.29) is 5.78 Å². The van der Waals surface area contributed by atoms with Crippen LogP contribution in [0.2, 0.25) is 0 Å².